The first kappa shape index (κ1) is 15.1. The van der Waals surface area contributed by atoms with Crippen molar-refractivity contribution in [2.24, 2.45) is 5.14 Å². The summed E-state index contributed by atoms with van der Waals surface area (Å²) in [5.74, 6) is 0. The third kappa shape index (κ3) is 2.79. The summed E-state index contributed by atoms with van der Waals surface area (Å²) in [5, 5.41) is 9.47. The van der Waals surface area contributed by atoms with Gasteiger partial charge in [-0.1, -0.05) is 36.4 Å². The summed E-state index contributed by atoms with van der Waals surface area (Å²) in [6.07, 6.45) is 2.12. The minimum absolute atomic E-state index is 0.147. The molecule has 6 nitrogen and oxygen atoms in total. The van der Waals surface area contributed by atoms with Crippen molar-refractivity contribution < 1.29 is 13.2 Å². The molecule has 0 radical (unpaired) electrons. The van der Waals surface area contributed by atoms with Gasteiger partial charge in [0.05, 0.1) is 17.6 Å². The number of nitrogens with two attached hydrogens (primary N) is 1. The smallest absolute Gasteiger partial charge is 0.240 e. The van der Waals surface area contributed by atoms with Crippen LogP contribution in [0.15, 0.2) is 65.7 Å². The van der Waals surface area contributed by atoms with Gasteiger partial charge in [-0.25, -0.2) is 18.2 Å². The quantitative estimate of drug-likeness (QED) is 0.741. The van der Waals surface area contributed by atoms with Gasteiger partial charge in [-0.15, -0.1) is 0 Å². The molecule has 0 atom stereocenters. The van der Waals surface area contributed by atoms with Gasteiger partial charge in [0.25, 0.3) is 0 Å². The highest BCUT2D eigenvalue weighted by atomic mass is 32.2. The number of hydrogen-bond donors (Lipinski definition) is 1. The van der Waals surface area contributed by atoms with Crippen molar-refractivity contribution >= 4 is 16.3 Å². The number of aldehydes is 1. The number of benzene rings is 2. The van der Waals surface area contributed by atoms with Crippen LogP contribution in [0.25, 0.3) is 16.9 Å². The number of sulfonamides is 1. The Morgan fingerprint density at radius 1 is 1.00 bits per heavy atom. The van der Waals surface area contributed by atoms with Crippen LogP contribution in [0.4, 0.5) is 0 Å². The van der Waals surface area contributed by atoms with Gasteiger partial charge in [0.1, 0.15) is 4.90 Å². The molecule has 116 valence electrons. The predicted octanol–water partition coefficient (Wildman–Crippen LogP) is 2.00. The number of primary sulfonamides is 1. The molecule has 1 heterocycles. The van der Waals surface area contributed by atoms with Crippen LogP contribution >= 0.6 is 0 Å². The summed E-state index contributed by atoms with van der Waals surface area (Å²) < 4.78 is 25.2. The van der Waals surface area contributed by atoms with E-state index in [2.05, 4.69) is 5.10 Å². The Bertz CT molecular complexity index is 963. The molecule has 0 aliphatic rings. The molecule has 7 heteroatoms. The molecule has 0 bridgehead atoms. The van der Waals surface area contributed by atoms with E-state index < -0.39 is 10.0 Å². The van der Waals surface area contributed by atoms with E-state index in [1.165, 1.54) is 29.1 Å². The molecule has 0 unspecified atom stereocenters. The topological polar surface area (TPSA) is 95.0 Å². The van der Waals surface area contributed by atoms with Crippen molar-refractivity contribution in [3.05, 3.63) is 66.4 Å². The van der Waals surface area contributed by atoms with Gasteiger partial charge in [0.2, 0.25) is 10.0 Å². The second-order valence-corrected chi connectivity index (χ2v) is 6.38. The fraction of sp³-hybridized carbons (Fsp3) is 0. The maximum atomic E-state index is 11.9. The average Bonchev–Trinajstić information content (AvgIpc) is 3.03. The van der Waals surface area contributed by atoms with E-state index >= 15 is 0 Å². The van der Waals surface area contributed by atoms with E-state index in [4.69, 9.17) is 5.14 Å². The first-order valence-corrected chi connectivity index (χ1v) is 8.28. The molecule has 0 spiro atoms. The third-order valence-electron chi connectivity index (χ3n) is 3.39. The summed E-state index contributed by atoms with van der Waals surface area (Å²) in [5.41, 5.74) is 1.84. The van der Waals surface area contributed by atoms with E-state index in [0.29, 0.717) is 12.0 Å². The van der Waals surface area contributed by atoms with Gasteiger partial charge in [-0.2, -0.15) is 5.10 Å². The zero-order valence-electron chi connectivity index (χ0n) is 12.0. The van der Waals surface area contributed by atoms with Crippen LogP contribution in [0.5, 0.6) is 0 Å². The molecule has 0 aliphatic carbocycles. The fourth-order valence-corrected chi connectivity index (χ4v) is 3.14. The number of para-hydroxylation sites is 1. The number of carbonyl (C=O) groups is 1. The summed E-state index contributed by atoms with van der Waals surface area (Å²) >= 11 is 0. The third-order valence-corrected chi connectivity index (χ3v) is 4.33. The number of nitrogens with zero attached hydrogens (tertiary/aromatic N) is 2. The van der Waals surface area contributed by atoms with E-state index in [0.717, 1.165) is 5.56 Å². The molecule has 3 rings (SSSR count). The summed E-state index contributed by atoms with van der Waals surface area (Å²) in [6.45, 7) is 0. The number of aromatic nitrogens is 2. The standard InChI is InChI=1S/C16H13N3O3S/c17-23(21,22)15-8-4-7-13(11-20)16(15)19-14(9-10-18-19)12-5-2-1-3-6-12/h1-11H,(H2,17,21,22). The van der Waals surface area contributed by atoms with E-state index in [1.807, 2.05) is 30.3 Å². The Morgan fingerprint density at radius 3 is 2.39 bits per heavy atom. The zero-order chi connectivity index (χ0) is 16.4. The molecule has 0 aliphatic heterocycles. The normalized spacial score (nSPS) is 11.3. The van der Waals surface area contributed by atoms with Crippen LogP contribution in [0.3, 0.4) is 0 Å². The van der Waals surface area contributed by atoms with E-state index in [-0.39, 0.29) is 16.1 Å². The molecule has 0 amide bonds. The van der Waals surface area contributed by atoms with Crippen molar-refractivity contribution in [3.8, 4) is 16.9 Å². The lowest BCUT2D eigenvalue weighted by Crippen LogP contribution is -2.17. The summed E-state index contributed by atoms with van der Waals surface area (Å²) in [6, 6.07) is 15.4. The highest BCUT2D eigenvalue weighted by Gasteiger charge is 2.21. The lowest BCUT2D eigenvalue weighted by Gasteiger charge is -2.13. The highest BCUT2D eigenvalue weighted by molar-refractivity contribution is 7.89. The Kier molecular flexibility index (Phi) is 3.81. The van der Waals surface area contributed by atoms with Crippen LogP contribution in [-0.2, 0) is 10.0 Å². The maximum absolute atomic E-state index is 11.9. The maximum Gasteiger partial charge on any atom is 0.240 e. The fourth-order valence-electron chi connectivity index (χ4n) is 2.40. The molecule has 0 fully saturated rings. The van der Waals surface area contributed by atoms with Gasteiger partial charge in [0.15, 0.2) is 6.29 Å². The predicted molar refractivity (Wildman–Crippen MR) is 85.8 cm³/mol. The Labute approximate surface area is 133 Å². The van der Waals surface area contributed by atoms with Crippen LogP contribution in [0, 0.1) is 0 Å². The van der Waals surface area contributed by atoms with Crippen molar-refractivity contribution in [2.45, 2.75) is 4.90 Å². The van der Waals surface area contributed by atoms with Crippen molar-refractivity contribution in [2.75, 3.05) is 0 Å². The lowest BCUT2D eigenvalue weighted by molar-refractivity contribution is 0.112. The Balaban J connectivity index is 2.33. The summed E-state index contributed by atoms with van der Waals surface area (Å²) in [4.78, 5) is 11.2. The SMILES string of the molecule is NS(=O)(=O)c1cccc(C=O)c1-n1nccc1-c1ccccc1. The second kappa shape index (κ2) is 5.79. The minimum Gasteiger partial charge on any atom is -0.298 e. The lowest BCUT2D eigenvalue weighted by atomic mass is 10.1. The molecule has 23 heavy (non-hydrogen) atoms. The van der Waals surface area contributed by atoms with Crippen LogP contribution < -0.4 is 5.14 Å². The molecule has 0 saturated carbocycles. The number of rotatable bonds is 4. The molecule has 0 saturated heterocycles. The van der Waals surface area contributed by atoms with Gasteiger partial charge >= 0.3 is 0 Å². The van der Waals surface area contributed by atoms with Crippen LogP contribution in [0.2, 0.25) is 0 Å². The van der Waals surface area contributed by atoms with Crippen molar-refractivity contribution in [3.63, 3.8) is 0 Å². The highest BCUT2D eigenvalue weighted by Crippen LogP contribution is 2.27. The molecule has 2 aromatic carbocycles. The summed E-state index contributed by atoms with van der Waals surface area (Å²) in [7, 11) is -4.01. The van der Waals surface area contributed by atoms with Crippen LogP contribution in [0.1, 0.15) is 10.4 Å². The molecule has 1 aromatic heterocycles. The zero-order valence-corrected chi connectivity index (χ0v) is 12.8. The minimum atomic E-state index is -4.01. The van der Waals surface area contributed by atoms with Gasteiger partial charge in [-0.3, -0.25) is 4.79 Å². The first-order valence-electron chi connectivity index (χ1n) is 6.73. The van der Waals surface area contributed by atoms with E-state index in [9.17, 15) is 13.2 Å². The number of hydrogen-bond acceptors (Lipinski definition) is 4. The van der Waals surface area contributed by atoms with Crippen LogP contribution in [-0.4, -0.2) is 24.5 Å². The van der Waals surface area contributed by atoms with Gasteiger partial charge < -0.3 is 0 Å². The molecular formula is C16H13N3O3S. The average molecular weight is 327 g/mol. The molecular weight excluding hydrogens is 314 g/mol. The van der Waals surface area contributed by atoms with Crippen molar-refractivity contribution in [1.82, 2.24) is 9.78 Å². The largest absolute Gasteiger partial charge is 0.298 e. The molecule has 3 aromatic rings. The second-order valence-electron chi connectivity index (χ2n) is 4.85. The van der Waals surface area contributed by atoms with Gasteiger partial charge in [-0.05, 0) is 18.2 Å². The first-order chi connectivity index (χ1) is 11.0. The Morgan fingerprint density at radius 2 is 1.74 bits per heavy atom. The van der Waals surface area contributed by atoms with Crippen molar-refractivity contribution in [1.29, 1.82) is 0 Å². The monoisotopic (exact) mass is 327 g/mol. The van der Waals surface area contributed by atoms with Gasteiger partial charge in [0, 0.05) is 11.1 Å². The molecule has 2 N–H and O–H groups in total. The van der Waals surface area contributed by atoms with E-state index in [1.54, 1.807) is 6.07 Å². The number of carbonyl (C=O) groups excluding carboxylic acids is 1. The Hall–Kier alpha value is -2.77.